The van der Waals surface area contributed by atoms with Crippen molar-refractivity contribution in [1.82, 2.24) is 0 Å². The molecule has 2 aromatic carbocycles. The number of para-hydroxylation sites is 2. The maximum absolute atomic E-state index is 12.4. The van der Waals surface area contributed by atoms with E-state index in [1.807, 2.05) is 55.5 Å². The minimum Gasteiger partial charge on any atom is -0.478 e. The van der Waals surface area contributed by atoms with Gasteiger partial charge in [-0.2, -0.15) is 0 Å². The minimum absolute atomic E-state index is 0.0157. The number of carbonyl (C=O) groups excluding carboxylic acids is 1. The van der Waals surface area contributed by atoms with Gasteiger partial charge in [0.1, 0.15) is 5.75 Å². The number of benzene rings is 2. The average Bonchev–Trinajstić information content (AvgIpc) is 2.47. The molecule has 0 fully saturated rings. The number of carbonyl (C=O) groups is 1. The number of anilines is 1. The maximum atomic E-state index is 12.4. The molecule has 1 aliphatic heterocycles. The SMILES string of the molecule is Cc1ccc(C(=O)C2CNc3ccccc3O2)cc1. The highest BCUT2D eigenvalue weighted by Gasteiger charge is 2.26. The summed E-state index contributed by atoms with van der Waals surface area (Å²) in [5, 5.41) is 3.23. The Kier molecular flexibility index (Phi) is 2.95. The van der Waals surface area contributed by atoms with E-state index in [0.29, 0.717) is 12.1 Å². The largest absolute Gasteiger partial charge is 0.478 e. The van der Waals surface area contributed by atoms with E-state index in [0.717, 1.165) is 17.0 Å². The van der Waals surface area contributed by atoms with Gasteiger partial charge in [-0.1, -0.05) is 42.0 Å². The molecule has 1 unspecified atom stereocenters. The van der Waals surface area contributed by atoms with Crippen LogP contribution in [0.1, 0.15) is 15.9 Å². The smallest absolute Gasteiger partial charge is 0.205 e. The van der Waals surface area contributed by atoms with Crippen molar-refractivity contribution in [2.75, 3.05) is 11.9 Å². The molecule has 1 N–H and O–H groups in total. The molecule has 0 aliphatic carbocycles. The fourth-order valence-corrected chi connectivity index (χ4v) is 2.16. The van der Waals surface area contributed by atoms with Gasteiger partial charge in [-0.05, 0) is 19.1 Å². The number of rotatable bonds is 2. The Labute approximate surface area is 112 Å². The first-order valence-electron chi connectivity index (χ1n) is 6.34. The van der Waals surface area contributed by atoms with E-state index in [4.69, 9.17) is 4.74 Å². The fourth-order valence-electron chi connectivity index (χ4n) is 2.16. The van der Waals surface area contributed by atoms with Gasteiger partial charge < -0.3 is 10.1 Å². The van der Waals surface area contributed by atoms with Crippen LogP contribution >= 0.6 is 0 Å². The summed E-state index contributed by atoms with van der Waals surface area (Å²) >= 11 is 0. The van der Waals surface area contributed by atoms with Crippen molar-refractivity contribution in [1.29, 1.82) is 0 Å². The summed E-state index contributed by atoms with van der Waals surface area (Å²) in [4.78, 5) is 12.4. The van der Waals surface area contributed by atoms with Crippen LogP contribution < -0.4 is 10.1 Å². The maximum Gasteiger partial charge on any atom is 0.205 e. The van der Waals surface area contributed by atoms with E-state index in [9.17, 15) is 4.79 Å². The molecule has 3 nitrogen and oxygen atoms in total. The van der Waals surface area contributed by atoms with Gasteiger partial charge in [0, 0.05) is 5.56 Å². The second kappa shape index (κ2) is 4.76. The molecule has 0 saturated carbocycles. The van der Waals surface area contributed by atoms with Crippen molar-refractivity contribution in [3.05, 3.63) is 59.7 Å². The number of hydrogen-bond acceptors (Lipinski definition) is 3. The fraction of sp³-hybridized carbons (Fsp3) is 0.188. The Balaban J connectivity index is 1.81. The zero-order valence-corrected chi connectivity index (χ0v) is 10.7. The van der Waals surface area contributed by atoms with E-state index in [2.05, 4.69) is 5.32 Å². The monoisotopic (exact) mass is 253 g/mol. The Morgan fingerprint density at radius 1 is 1.16 bits per heavy atom. The summed E-state index contributed by atoms with van der Waals surface area (Å²) in [7, 11) is 0. The summed E-state index contributed by atoms with van der Waals surface area (Å²) in [5.74, 6) is 0.751. The zero-order valence-electron chi connectivity index (χ0n) is 10.7. The number of fused-ring (bicyclic) bond motifs is 1. The Hall–Kier alpha value is -2.29. The van der Waals surface area contributed by atoms with E-state index in [-0.39, 0.29) is 5.78 Å². The first kappa shape index (κ1) is 11.8. The lowest BCUT2D eigenvalue weighted by molar-refractivity contribution is 0.0801. The third kappa shape index (κ3) is 2.32. The summed E-state index contributed by atoms with van der Waals surface area (Å²) < 4.78 is 5.77. The molecular formula is C16H15NO2. The zero-order chi connectivity index (χ0) is 13.2. The lowest BCUT2D eigenvalue weighted by atomic mass is 10.0. The number of hydrogen-bond donors (Lipinski definition) is 1. The van der Waals surface area contributed by atoms with Crippen LogP contribution in [0.3, 0.4) is 0 Å². The van der Waals surface area contributed by atoms with Crippen molar-refractivity contribution >= 4 is 11.5 Å². The molecule has 2 aromatic rings. The van der Waals surface area contributed by atoms with Gasteiger partial charge in [0.05, 0.1) is 12.2 Å². The van der Waals surface area contributed by atoms with Crippen LogP contribution in [0.25, 0.3) is 0 Å². The molecule has 96 valence electrons. The molecule has 1 heterocycles. The molecule has 0 bridgehead atoms. The van der Waals surface area contributed by atoms with Gasteiger partial charge in [-0.15, -0.1) is 0 Å². The summed E-state index contributed by atoms with van der Waals surface area (Å²) in [6.07, 6.45) is -0.461. The molecule has 3 heteroatoms. The topological polar surface area (TPSA) is 38.3 Å². The first-order chi connectivity index (χ1) is 9.24. The summed E-state index contributed by atoms with van der Waals surface area (Å²) in [6, 6.07) is 15.2. The van der Waals surface area contributed by atoms with Crippen LogP contribution in [0.4, 0.5) is 5.69 Å². The van der Waals surface area contributed by atoms with Gasteiger partial charge in [0.15, 0.2) is 6.10 Å². The third-order valence-corrected chi connectivity index (χ3v) is 3.26. The number of nitrogens with one attached hydrogen (secondary N) is 1. The lowest BCUT2D eigenvalue weighted by Crippen LogP contribution is -2.37. The van der Waals surface area contributed by atoms with Crippen LogP contribution in [-0.2, 0) is 0 Å². The first-order valence-corrected chi connectivity index (χ1v) is 6.34. The predicted molar refractivity (Wildman–Crippen MR) is 74.9 cm³/mol. The number of Topliss-reactive ketones (excluding diaryl/α,β-unsaturated/α-hetero) is 1. The van der Waals surface area contributed by atoms with E-state index in [1.165, 1.54) is 0 Å². The predicted octanol–water partition coefficient (Wildman–Crippen LogP) is 3.05. The molecule has 1 aliphatic rings. The lowest BCUT2D eigenvalue weighted by Gasteiger charge is -2.26. The molecule has 0 amide bonds. The van der Waals surface area contributed by atoms with E-state index in [1.54, 1.807) is 0 Å². The molecule has 0 aromatic heterocycles. The van der Waals surface area contributed by atoms with Crippen LogP contribution in [-0.4, -0.2) is 18.4 Å². The summed E-state index contributed by atoms with van der Waals surface area (Å²) in [6.45, 7) is 2.51. The number of aryl methyl sites for hydroxylation is 1. The highest BCUT2D eigenvalue weighted by molar-refractivity contribution is 6.00. The number of ether oxygens (including phenoxy) is 1. The Morgan fingerprint density at radius 3 is 2.68 bits per heavy atom. The highest BCUT2D eigenvalue weighted by Crippen LogP contribution is 2.29. The molecular weight excluding hydrogens is 238 g/mol. The Morgan fingerprint density at radius 2 is 1.89 bits per heavy atom. The highest BCUT2D eigenvalue weighted by atomic mass is 16.5. The van der Waals surface area contributed by atoms with Gasteiger partial charge in [0.2, 0.25) is 5.78 Å². The van der Waals surface area contributed by atoms with Crippen molar-refractivity contribution in [2.24, 2.45) is 0 Å². The van der Waals surface area contributed by atoms with Crippen LogP contribution in [0, 0.1) is 6.92 Å². The van der Waals surface area contributed by atoms with Crippen LogP contribution in [0.5, 0.6) is 5.75 Å². The second-order valence-electron chi connectivity index (χ2n) is 4.71. The van der Waals surface area contributed by atoms with Gasteiger partial charge in [0.25, 0.3) is 0 Å². The van der Waals surface area contributed by atoms with Crippen molar-refractivity contribution in [3.63, 3.8) is 0 Å². The van der Waals surface area contributed by atoms with Crippen molar-refractivity contribution in [2.45, 2.75) is 13.0 Å². The van der Waals surface area contributed by atoms with E-state index >= 15 is 0 Å². The van der Waals surface area contributed by atoms with Gasteiger partial charge in [-0.3, -0.25) is 4.79 Å². The molecule has 1 atom stereocenters. The van der Waals surface area contributed by atoms with Crippen molar-refractivity contribution < 1.29 is 9.53 Å². The summed E-state index contributed by atoms with van der Waals surface area (Å²) in [5.41, 5.74) is 2.77. The third-order valence-electron chi connectivity index (χ3n) is 3.26. The molecule has 19 heavy (non-hydrogen) atoms. The standard InChI is InChI=1S/C16H15NO2/c1-11-6-8-12(9-7-11)16(18)15-10-17-13-4-2-3-5-14(13)19-15/h2-9,15,17H,10H2,1H3. The minimum atomic E-state index is -0.461. The second-order valence-corrected chi connectivity index (χ2v) is 4.71. The van der Waals surface area contributed by atoms with Crippen LogP contribution in [0.15, 0.2) is 48.5 Å². The van der Waals surface area contributed by atoms with Crippen molar-refractivity contribution in [3.8, 4) is 5.75 Å². The van der Waals surface area contributed by atoms with Gasteiger partial charge in [-0.25, -0.2) is 0 Å². The Bertz CT molecular complexity index is 604. The molecule has 0 spiro atoms. The average molecular weight is 253 g/mol. The normalized spacial score (nSPS) is 17.0. The molecule has 0 saturated heterocycles. The quantitative estimate of drug-likeness (QED) is 0.836. The number of ketones is 1. The molecule has 3 rings (SSSR count). The van der Waals surface area contributed by atoms with E-state index < -0.39 is 6.10 Å². The van der Waals surface area contributed by atoms with Gasteiger partial charge >= 0.3 is 0 Å². The molecule has 0 radical (unpaired) electrons. The van der Waals surface area contributed by atoms with Crippen LogP contribution in [0.2, 0.25) is 0 Å².